The van der Waals surface area contributed by atoms with Gasteiger partial charge >= 0.3 is 0 Å². The molecule has 2 N–H and O–H groups in total. The Morgan fingerprint density at radius 3 is 2.38 bits per heavy atom. The molecule has 1 atom stereocenters. The van der Waals surface area contributed by atoms with Crippen molar-refractivity contribution < 1.29 is 14.6 Å². The van der Waals surface area contributed by atoms with Gasteiger partial charge in [0.1, 0.15) is 5.82 Å². The minimum Gasteiger partial charge on any atom is -0.396 e. The third-order valence-electron chi connectivity index (χ3n) is 4.42. The van der Waals surface area contributed by atoms with E-state index in [1.54, 1.807) is 12.1 Å². The topological polar surface area (TPSA) is 43.7 Å². The number of piperidine rings is 1. The molecule has 1 saturated heterocycles. The zero-order chi connectivity index (χ0) is 15.1. The van der Waals surface area contributed by atoms with Crippen molar-refractivity contribution in [3.05, 3.63) is 35.6 Å². The average molecular weight is 295 g/mol. The maximum Gasteiger partial charge on any atom is 0.123 e. The summed E-state index contributed by atoms with van der Waals surface area (Å²) in [5.74, 6) is 0.00722. The molecule has 1 unspecified atom stereocenters. The highest BCUT2D eigenvalue weighted by Gasteiger charge is 2.25. The quantitative estimate of drug-likeness (QED) is 0.760. The van der Waals surface area contributed by atoms with Crippen molar-refractivity contribution in [3.63, 3.8) is 0 Å². The molecule has 0 radical (unpaired) electrons. The molecule has 0 spiro atoms. The van der Waals surface area contributed by atoms with Crippen molar-refractivity contribution in [1.82, 2.24) is 4.90 Å². The smallest absolute Gasteiger partial charge is 0.123 e. The van der Waals surface area contributed by atoms with Gasteiger partial charge in [-0.25, -0.2) is 4.39 Å². The van der Waals surface area contributed by atoms with Gasteiger partial charge in [-0.15, -0.1) is 0 Å². The van der Waals surface area contributed by atoms with E-state index in [0.717, 1.165) is 57.3 Å². The molecule has 1 aliphatic rings. The first-order chi connectivity index (χ1) is 10.2. The van der Waals surface area contributed by atoms with E-state index in [1.807, 2.05) is 0 Å². The molecule has 0 amide bonds. The molecule has 0 aromatic heterocycles. The van der Waals surface area contributed by atoms with E-state index in [2.05, 4.69) is 4.90 Å². The predicted molar refractivity (Wildman–Crippen MR) is 81.5 cm³/mol. The highest BCUT2D eigenvalue weighted by atomic mass is 19.1. The fraction of sp³-hybridized carbons (Fsp3) is 0.647. The van der Waals surface area contributed by atoms with E-state index in [-0.39, 0.29) is 18.3 Å². The molecule has 1 aromatic carbocycles. The van der Waals surface area contributed by atoms with Crippen LogP contribution in [-0.4, -0.2) is 41.4 Å². The first-order valence-electron chi connectivity index (χ1n) is 7.97. The standard InChI is InChI=1S/C17H26FNO2/c18-16-6-4-14(5-7-16)17(21)15-8-11-19(12-9-15)10-2-1-3-13-20/h4-7,15,17,20-21H,1-3,8-13H2. The van der Waals surface area contributed by atoms with Gasteiger partial charge in [-0.05, 0) is 75.4 Å². The van der Waals surface area contributed by atoms with Crippen molar-refractivity contribution in [2.45, 2.75) is 38.2 Å². The lowest BCUT2D eigenvalue weighted by atomic mass is 9.87. The lowest BCUT2D eigenvalue weighted by molar-refractivity contribution is 0.0583. The van der Waals surface area contributed by atoms with Gasteiger partial charge in [-0.1, -0.05) is 12.1 Å². The van der Waals surface area contributed by atoms with E-state index in [4.69, 9.17) is 5.11 Å². The van der Waals surface area contributed by atoms with E-state index >= 15 is 0 Å². The zero-order valence-corrected chi connectivity index (χ0v) is 12.5. The number of aliphatic hydroxyl groups excluding tert-OH is 2. The number of nitrogens with zero attached hydrogens (tertiary/aromatic N) is 1. The minimum absolute atomic E-state index is 0.261. The highest BCUT2D eigenvalue weighted by Crippen LogP contribution is 2.30. The molecule has 21 heavy (non-hydrogen) atoms. The summed E-state index contributed by atoms with van der Waals surface area (Å²) in [6.45, 7) is 3.40. The van der Waals surface area contributed by atoms with E-state index in [1.165, 1.54) is 12.1 Å². The van der Waals surface area contributed by atoms with Gasteiger partial charge in [0, 0.05) is 6.61 Å². The van der Waals surface area contributed by atoms with Crippen molar-refractivity contribution in [2.75, 3.05) is 26.2 Å². The second-order valence-corrected chi connectivity index (χ2v) is 5.96. The Morgan fingerprint density at radius 2 is 1.76 bits per heavy atom. The van der Waals surface area contributed by atoms with Crippen LogP contribution in [0.4, 0.5) is 4.39 Å². The molecule has 1 heterocycles. The van der Waals surface area contributed by atoms with Crippen molar-refractivity contribution in [3.8, 4) is 0 Å². The maximum absolute atomic E-state index is 12.9. The fourth-order valence-electron chi connectivity index (χ4n) is 3.05. The Morgan fingerprint density at radius 1 is 1.10 bits per heavy atom. The highest BCUT2D eigenvalue weighted by molar-refractivity contribution is 5.19. The second-order valence-electron chi connectivity index (χ2n) is 5.96. The van der Waals surface area contributed by atoms with E-state index in [9.17, 15) is 9.50 Å². The molecular weight excluding hydrogens is 269 g/mol. The molecule has 0 bridgehead atoms. The summed E-state index contributed by atoms with van der Waals surface area (Å²) in [6.07, 6.45) is 4.58. The summed E-state index contributed by atoms with van der Waals surface area (Å²) in [5, 5.41) is 19.2. The van der Waals surface area contributed by atoms with Crippen molar-refractivity contribution in [1.29, 1.82) is 0 Å². The molecule has 0 saturated carbocycles. The summed E-state index contributed by atoms with van der Waals surface area (Å²) < 4.78 is 12.9. The number of aliphatic hydroxyl groups is 2. The van der Waals surface area contributed by atoms with Gasteiger partial charge < -0.3 is 15.1 Å². The SMILES string of the molecule is OCCCCCN1CCC(C(O)c2ccc(F)cc2)CC1. The second kappa shape index (κ2) is 8.47. The van der Waals surface area contributed by atoms with Gasteiger partial charge in [0.25, 0.3) is 0 Å². The van der Waals surface area contributed by atoms with Crippen LogP contribution < -0.4 is 0 Å². The number of halogens is 1. The molecule has 4 heteroatoms. The Labute approximate surface area is 126 Å². The average Bonchev–Trinajstić information content (AvgIpc) is 2.52. The van der Waals surface area contributed by atoms with Crippen LogP contribution in [0.3, 0.4) is 0 Å². The minimum atomic E-state index is -0.484. The largest absolute Gasteiger partial charge is 0.396 e. The predicted octanol–water partition coefficient (Wildman–Crippen LogP) is 2.73. The summed E-state index contributed by atoms with van der Waals surface area (Å²) in [6, 6.07) is 6.19. The number of unbranched alkanes of at least 4 members (excludes halogenated alkanes) is 2. The Hall–Kier alpha value is -0.970. The Kier molecular flexibility index (Phi) is 6.61. The number of rotatable bonds is 7. The maximum atomic E-state index is 12.9. The Bertz CT molecular complexity index is 402. The number of hydrogen-bond acceptors (Lipinski definition) is 3. The Balaban J connectivity index is 1.74. The molecule has 118 valence electrons. The van der Waals surface area contributed by atoms with Gasteiger partial charge in [0.05, 0.1) is 6.10 Å². The lowest BCUT2D eigenvalue weighted by Gasteiger charge is -2.34. The molecule has 3 nitrogen and oxygen atoms in total. The molecule has 1 aromatic rings. The van der Waals surface area contributed by atoms with Gasteiger partial charge in [-0.3, -0.25) is 0 Å². The summed E-state index contributed by atoms with van der Waals surface area (Å²) in [4.78, 5) is 2.44. The van der Waals surface area contributed by atoms with Gasteiger partial charge in [-0.2, -0.15) is 0 Å². The van der Waals surface area contributed by atoms with Crippen LogP contribution in [0.2, 0.25) is 0 Å². The van der Waals surface area contributed by atoms with Crippen LogP contribution in [0, 0.1) is 11.7 Å². The summed E-state index contributed by atoms with van der Waals surface area (Å²) in [5.41, 5.74) is 0.817. The van der Waals surface area contributed by atoms with Crippen LogP contribution in [0.25, 0.3) is 0 Å². The monoisotopic (exact) mass is 295 g/mol. The fourth-order valence-corrected chi connectivity index (χ4v) is 3.05. The molecule has 2 rings (SSSR count). The van der Waals surface area contributed by atoms with Crippen molar-refractivity contribution in [2.24, 2.45) is 5.92 Å². The third kappa shape index (κ3) is 5.06. The van der Waals surface area contributed by atoms with E-state index in [0.29, 0.717) is 0 Å². The molecule has 1 aliphatic heterocycles. The van der Waals surface area contributed by atoms with Crippen LogP contribution in [0.15, 0.2) is 24.3 Å². The molecule has 1 fully saturated rings. The van der Waals surface area contributed by atoms with Crippen LogP contribution in [0.5, 0.6) is 0 Å². The van der Waals surface area contributed by atoms with Gasteiger partial charge in [0.2, 0.25) is 0 Å². The molecule has 0 aliphatic carbocycles. The van der Waals surface area contributed by atoms with Crippen LogP contribution in [0.1, 0.15) is 43.8 Å². The van der Waals surface area contributed by atoms with Crippen LogP contribution in [-0.2, 0) is 0 Å². The number of likely N-dealkylation sites (tertiary alicyclic amines) is 1. The molecular formula is C17H26FNO2. The van der Waals surface area contributed by atoms with Gasteiger partial charge in [0.15, 0.2) is 0 Å². The van der Waals surface area contributed by atoms with E-state index < -0.39 is 6.10 Å². The summed E-state index contributed by atoms with van der Waals surface area (Å²) in [7, 11) is 0. The lowest BCUT2D eigenvalue weighted by Crippen LogP contribution is -2.36. The number of benzene rings is 1. The van der Waals surface area contributed by atoms with Crippen molar-refractivity contribution >= 4 is 0 Å². The zero-order valence-electron chi connectivity index (χ0n) is 12.5. The first-order valence-corrected chi connectivity index (χ1v) is 7.97. The normalized spacial score (nSPS) is 18.8. The summed E-state index contributed by atoms with van der Waals surface area (Å²) >= 11 is 0. The third-order valence-corrected chi connectivity index (χ3v) is 4.42. The first kappa shape index (κ1) is 16.4. The number of hydrogen-bond donors (Lipinski definition) is 2. The van der Waals surface area contributed by atoms with Crippen LogP contribution >= 0.6 is 0 Å².